The van der Waals surface area contributed by atoms with Crippen LogP contribution in [0.5, 0.6) is 5.75 Å². The summed E-state index contributed by atoms with van der Waals surface area (Å²) in [6.07, 6.45) is 1.30. The van der Waals surface area contributed by atoms with Gasteiger partial charge in [-0.05, 0) is 48.1 Å². The average Bonchev–Trinajstić information content (AvgIpc) is 2.44. The number of aliphatic carboxylic acids is 1. The molecule has 1 aromatic rings. The zero-order valence-corrected chi connectivity index (χ0v) is 13.8. The lowest BCUT2D eigenvalue weighted by Crippen LogP contribution is -2.15. The summed E-state index contributed by atoms with van der Waals surface area (Å²) in [5, 5.41) is 9.08. The Morgan fingerprint density at radius 2 is 2.00 bits per heavy atom. The maximum atomic E-state index is 12.0. The van der Waals surface area contributed by atoms with E-state index in [0.29, 0.717) is 17.6 Å². The first kappa shape index (κ1) is 16.8. The number of ether oxygens (including phenoxy) is 1. The molecule has 6 heteroatoms. The van der Waals surface area contributed by atoms with Crippen molar-refractivity contribution in [3.63, 3.8) is 0 Å². The van der Waals surface area contributed by atoms with Crippen molar-refractivity contribution < 1.29 is 19.4 Å². The smallest absolute Gasteiger partial charge is 0.341 e. The van der Waals surface area contributed by atoms with E-state index in [9.17, 15) is 9.59 Å². The second-order valence-electron chi connectivity index (χ2n) is 5.46. The highest BCUT2D eigenvalue weighted by Gasteiger charge is 2.25. The van der Waals surface area contributed by atoms with E-state index in [0.717, 1.165) is 12.0 Å². The number of carboxylic acid groups (broad SMARTS) is 1. The number of halogens is 2. The van der Waals surface area contributed by atoms with E-state index in [-0.39, 0.29) is 27.5 Å². The van der Waals surface area contributed by atoms with Gasteiger partial charge in [0.05, 0.1) is 5.02 Å². The first-order chi connectivity index (χ1) is 10.3. The van der Waals surface area contributed by atoms with Crippen LogP contribution in [0, 0.1) is 5.92 Å². The van der Waals surface area contributed by atoms with Gasteiger partial charge in [0.15, 0.2) is 12.4 Å². The van der Waals surface area contributed by atoms with Gasteiger partial charge in [-0.3, -0.25) is 4.79 Å². The molecule has 1 aliphatic carbocycles. The quantitative estimate of drug-likeness (QED) is 0.889. The van der Waals surface area contributed by atoms with Gasteiger partial charge in [-0.25, -0.2) is 4.79 Å². The van der Waals surface area contributed by atoms with Crippen molar-refractivity contribution in [2.24, 2.45) is 5.92 Å². The fourth-order valence-electron chi connectivity index (χ4n) is 2.54. The number of allylic oxidation sites excluding steroid dienone is 2. The van der Waals surface area contributed by atoms with Gasteiger partial charge in [-0.2, -0.15) is 0 Å². The Kier molecular flexibility index (Phi) is 5.14. The number of carboxylic acids is 1. The minimum atomic E-state index is -1.10. The fraction of sp³-hybridized carbons (Fsp3) is 0.375. The Balaban J connectivity index is 2.41. The molecule has 0 aromatic heterocycles. The van der Waals surface area contributed by atoms with E-state index in [4.69, 9.17) is 33.0 Å². The van der Waals surface area contributed by atoms with Crippen LogP contribution in [0.3, 0.4) is 0 Å². The summed E-state index contributed by atoms with van der Waals surface area (Å²) in [5.41, 5.74) is 2.29. The van der Waals surface area contributed by atoms with Crippen LogP contribution in [0.2, 0.25) is 10.0 Å². The Morgan fingerprint density at radius 3 is 2.64 bits per heavy atom. The zero-order valence-electron chi connectivity index (χ0n) is 12.3. The van der Waals surface area contributed by atoms with Crippen LogP contribution in [0.15, 0.2) is 17.7 Å². The molecule has 2 rings (SSSR count). The Hall–Kier alpha value is -1.52. The molecule has 0 aliphatic heterocycles. The van der Waals surface area contributed by atoms with Crippen LogP contribution in [0.25, 0.3) is 5.57 Å². The van der Waals surface area contributed by atoms with Crippen molar-refractivity contribution in [2.45, 2.75) is 26.7 Å². The molecule has 22 heavy (non-hydrogen) atoms. The van der Waals surface area contributed by atoms with Crippen molar-refractivity contribution in [3.05, 3.63) is 33.3 Å². The number of rotatable bonds is 4. The summed E-state index contributed by atoms with van der Waals surface area (Å²) in [6, 6.07) is 3.30. The molecule has 0 saturated heterocycles. The van der Waals surface area contributed by atoms with Crippen LogP contribution in [0.4, 0.5) is 0 Å². The van der Waals surface area contributed by atoms with Crippen LogP contribution >= 0.6 is 23.2 Å². The number of ketones is 1. The van der Waals surface area contributed by atoms with Crippen LogP contribution < -0.4 is 4.74 Å². The third-order valence-electron chi connectivity index (χ3n) is 3.68. The molecule has 1 unspecified atom stereocenters. The number of benzene rings is 1. The molecule has 0 bridgehead atoms. The van der Waals surface area contributed by atoms with Crippen LogP contribution in [-0.2, 0) is 9.59 Å². The van der Waals surface area contributed by atoms with Crippen molar-refractivity contribution in [2.75, 3.05) is 6.61 Å². The molecule has 1 atom stereocenters. The topological polar surface area (TPSA) is 63.6 Å². The van der Waals surface area contributed by atoms with Crippen molar-refractivity contribution in [1.82, 2.24) is 0 Å². The average molecular weight is 343 g/mol. The molecule has 4 nitrogen and oxygen atoms in total. The second kappa shape index (κ2) is 6.71. The number of hydrogen-bond donors (Lipinski definition) is 1. The standard InChI is InChI=1S/C16H16Cl2O4/c1-8-5-11(9(2)12(19)6-8)10-3-4-13(16(18)15(10)17)22-7-14(20)21/h3-4,8H,5-7H2,1-2H3,(H,20,21). The summed E-state index contributed by atoms with van der Waals surface area (Å²) < 4.78 is 5.09. The SMILES string of the molecule is CC1=C(c2ccc(OCC(=O)O)c(Cl)c2Cl)CC(C)CC1=O. The molecule has 1 aliphatic rings. The predicted octanol–water partition coefficient (Wildman–Crippen LogP) is 4.23. The molecule has 118 valence electrons. The van der Waals surface area contributed by atoms with E-state index in [1.807, 2.05) is 6.92 Å². The van der Waals surface area contributed by atoms with Crippen molar-refractivity contribution in [3.8, 4) is 5.75 Å². The first-order valence-electron chi connectivity index (χ1n) is 6.87. The van der Waals surface area contributed by atoms with Gasteiger partial charge in [0.2, 0.25) is 0 Å². The maximum absolute atomic E-state index is 12.0. The molecule has 0 amide bonds. The lowest BCUT2D eigenvalue weighted by Gasteiger charge is -2.23. The highest BCUT2D eigenvalue weighted by molar-refractivity contribution is 6.44. The molecular formula is C16H16Cl2O4. The maximum Gasteiger partial charge on any atom is 0.341 e. The minimum Gasteiger partial charge on any atom is -0.480 e. The van der Waals surface area contributed by atoms with E-state index < -0.39 is 12.6 Å². The summed E-state index contributed by atoms with van der Waals surface area (Å²) in [7, 11) is 0. The highest BCUT2D eigenvalue weighted by Crippen LogP contribution is 2.42. The number of carbonyl (C=O) groups is 2. The van der Waals surface area contributed by atoms with Gasteiger partial charge in [-0.1, -0.05) is 30.1 Å². The fourth-order valence-corrected chi connectivity index (χ4v) is 3.03. The normalized spacial score (nSPS) is 18.5. The number of Topliss-reactive ketones (excluding diaryl/α,β-unsaturated/α-hetero) is 1. The Bertz CT molecular complexity index is 664. The first-order valence-corrected chi connectivity index (χ1v) is 7.62. The van der Waals surface area contributed by atoms with Crippen molar-refractivity contribution in [1.29, 1.82) is 0 Å². The number of hydrogen-bond acceptors (Lipinski definition) is 3. The molecule has 0 saturated carbocycles. The summed E-state index contributed by atoms with van der Waals surface area (Å²) in [5.74, 6) is -0.510. The van der Waals surface area contributed by atoms with Gasteiger partial charge < -0.3 is 9.84 Å². The molecule has 0 radical (unpaired) electrons. The third-order valence-corrected chi connectivity index (χ3v) is 4.55. The van der Waals surface area contributed by atoms with Gasteiger partial charge in [0, 0.05) is 6.42 Å². The van der Waals surface area contributed by atoms with E-state index >= 15 is 0 Å². The summed E-state index contributed by atoms with van der Waals surface area (Å²) in [6.45, 7) is 3.32. The van der Waals surface area contributed by atoms with Crippen molar-refractivity contribution >= 4 is 40.5 Å². The van der Waals surface area contributed by atoms with Gasteiger partial charge in [0.25, 0.3) is 0 Å². The molecule has 0 heterocycles. The van der Waals surface area contributed by atoms with Crippen LogP contribution in [-0.4, -0.2) is 23.5 Å². The van der Waals surface area contributed by atoms with E-state index in [2.05, 4.69) is 0 Å². The second-order valence-corrected chi connectivity index (χ2v) is 6.22. The third kappa shape index (κ3) is 3.45. The predicted molar refractivity (Wildman–Crippen MR) is 85.6 cm³/mol. The van der Waals surface area contributed by atoms with Gasteiger partial charge >= 0.3 is 5.97 Å². The molecular weight excluding hydrogens is 327 g/mol. The van der Waals surface area contributed by atoms with Crippen LogP contribution in [0.1, 0.15) is 32.3 Å². The lowest BCUT2D eigenvalue weighted by molar-refractivity contribution is -0.139. The van der Waals surface area contributed by atoms with E-state index in [1.165, 1.54) is 0 Å². The lowest BCUT2D eigenvalue weighted by atomic mass is 9.81. The molecule has 0 fully saturated rings. The summed E-state index contributed by atoms with van der Waals surface area (Å²) in [4.78, 5) is 22.6. The molecule has 1 N–H and O–H groups in total. The largest absolute Gasteiger partial charge is 0.480 e. The van der Waals surface area contributed by atoms with Gasteiger partial charge in [0.1, 0.15) is 10.8 Å². The summed E-state index contributed by atoms with van der Waals surface area (Å²) >= 11 is 12.5. The highest BCUT2D eigenvalue weighted by atomic mass is 35.5. The Morgan fingerprint density at radius 1 is 1.32 bits per heavy atom. The zero-order chi connectivity index (χ0) is 16.4. The van der Waals surface area contributed by atoms with Gasteiger partial charge in [-0.15, -0.1) is 0 Å². The minimum absolute atomic E-state index is 0.118. The monoisotopic (exact) mass is 342 g/mol. The molecule has 1 aromatic carbocycles. The number of carbonyl (C=O) groups excluding carboxylic acids is 1. The van der Waals surface area contributed by atoms with E-state index in [1.54, 1.807) is 19.1 Å². The molecule has 0 spiro atoms. The Labute approximate surface area is 138 Å².